The first-order valence-corrected chi connectivity index (χ1v) is 7.20. The summed E-state index contributed by atoms with van der Waals surface area (Å²) in [6, 6.07) is 4.75. The molecular formula is C10H10BrN3O3S. The van der Waals surface area contributed by atoms with E-state index in [0.717, 1.165) is 0 Å². The highest BCUT2D eigenvalue weighted by Gasteiger charge is 2.19. The number of hydrogen-bond acceptors (Lipinski definition) is 5. The van der Waals surface area contributed by atoms with Crippen molar-refractivity contribution in [3.8, 4) is 0 Å². The average Bonchev–Trinajstić information content (AvgIpc) is 2.83. The topological polar surface area (TPSA) is 98.2 Å². The lowest BCUT2D eigenvalue weighted by Gasteiger charge is -2.07. The van der Waals surface area contributed by atoms with Crippen LogP contribution in [0.15, 0.2) is 44.4 Å². The molecule has 0 spiro atoms. The minimum absolute atomic E-state index is 0.0508. The summed E-state index contributed by atoms with van der Waals surface area (Å²) in [5.41, 5.74) is 5.55. The Morgan fingerprint density at radius 1 is 1.50 bits per heavy atom. The zero-order valence-electron chi connectivity index (χ0n) is 9.13. The largest absolute Gasteiger partial charge is 0.468 e. The van der Waals surface area contributed by atoms with Gasteiger partial charge in [0.05, 0.1) is 12.8 Å². The van der Waals surface area contributed by atoms with E-state index in [4.69, 9.17) is 10.2 Å². The van der Waals surface area contributed by atoms with Crippen LogP contribution >= 0.6 is 15.9 Å². The van der Waals surface area contributed by atoms with Crippen molar-refractivity contribution in [3.63, 3.8) is 0 Å². The van der Waals surface area contributed by atoms with Gasteiger partial charge in [-0.25, -0.2) is 18.1 Å². The summed E-state index contributed by atoms with van der Waals surface area (Å²) in [5, 5.41) is 0. The van der Waals surface area contributed by atoms with Gasteiger partial charge in [-0.3, -0.25) is 0 Å². The Morgan fingerprint density at radius 3 is 2.94 bits per heavy atom. The van der Waals surface area contributed by atoms with Crippen molar-refractivity contribution in [3.05, 3.63) is 40.9 Å². The van der Waals surface area contributed by atoms with Crippen LogP contribution in [0.25, 0.3) is 0 Å². The molecule has 2 aromatic heterocycles. The van der Waals surface area contributed by atoms with Crippen LogP contribution < -0.4 is 10.5 Å². The van der Waals surface area contributed by atoms with Crippen LogP contribution in [0, 0.1) is 0 Å². The highest BCUT2D eigenvalue weighted by molar-refractivity contribution is 9.10. The molecule has 0 bridgehead atoms. The summed E-state index contributed by atoms with van der Waals surface area (Å²) >= 11 is 3.15. The van der Waals surface area contributed by atoms with Crippen molar-refractivity contribution in [1.82, 2.24) is 9.71 Å². The number of nitrogen functional groups attached to an aromatic ring is 1. The Balaban J connectivity index is 2.22. The summed E-state index contributed by atoms with van der Waals surface area (Å²) in [5.74, 6) is 0.463. The number of aromatic nitrogens is 1. The third kappa shape index (κ3) is 2.89. The molecule has 0 aromatic carbocycles. The molecule has 2 aromatic rings. The Bertz CT molecular complexity index is 640. The summed E-state index contributed by atoms with van der Waals surface area (Å²) < 4.78 is 32.0. The lowest BCUT2D eigenvalue weighted by molar-refractivity contribution is 0.498. The first-order chi connectivity index (χ1) is 8.49. The van der Waals surface area contributed by atoms with E-state index >= 15 is 0 Å². The molecule has 2 heterocycles. The number of rotatable bonds is 4. The van der Waals surface area contributed by atoms with E-state index < -0.39 is 10.0 Å². The smallest absolute Gasteiger partial charge is 0.244 e. The highest BCUT2D eigenvalue weighted by Crippen LogP contribution is 2.20. The first kappa shape index (κ1) is 13.1. The van der Waals surface area contributed by atoms with Gasteiger partial charge in [-0.2, -0.15) is 0 Å². The molecule has 0 aliphatic heterocycles. The molecule has 3 N–H and O–H groups in total. The molecule has 0 atom stereocenters. The van der Waals surface area contributed by atoms with Crippen molar-refractivity contribution >= 4 is 31.8 Å². The maximum absolute atomic E-state index is 12.0. The number of nitrogens with one attached hydrogen (secondary N) is 1. The number of halogens is 1. The summed E-state index contributed by atoms with van der Waals surface area (Å²) in [7, 11) is -3.72. The van der Waals surface area contributed by atoms with Gasteiger partial charge in [-0.1, -0.05) is 0 Å². The molecule has 0 amide bonds. The molecule has 0 unspecified atom stereocenters. The summed E-state index contributed by atoms with van der Waals surface area (Å²) in [6.45, 7) is 0.0568. The quantitative estimate of drug-likeness (QED) is 0.884. The number of anilines is 1. The zero-order chi connectivity index (χ0) is 13.2. The third-order valence-electron chi connectivity index (χ3n) is 2.15. The maximum atomic E-state index is 12.0. The fraction of sp³-hybridized carbons (Fsp3) is 0.100. The molecule has 0 aliphatic rings. The van der Waals surface area contributed by atoms with Crippen molar-refractivity contribution in [2.45, 2.75) is 11.4 Å². The minimum Gasteiger partial charge on any atom is -0.468 e. The van der Waals surface area contributed by atoms with E-state index in [1.807, 2.05) is 0 Å². The second kappa shape index (κ2) is 5.09. The molecule has 2 rings (SSSR count). The third-order valence-corrected chi connectivity index (χ3v) is 4.02. The normalized spacial score (nSPS) is 11.6. The molecule has 6 nitrogen and oxygen atoms in total. The van der Waals surface area contributed by atoms with E-state index in [0.29, 0.717) is 10.2 Å². The lowest BCUT2D eigenvalue weighted by Crippen LogP contribution is -2.24. The molecule has 0 radical (unpaired) electrons. The van der Waals surface area contributed by atoms with Crippen molar-refractivity contribution in [2.24, 2.45) is 0 Å². The van der Waals surface area contributed by atoms with Crippen molar-refractivity contribution in [1.29, 1.82) is 0 Å². The van der Waals surface area contributed by atoms with Gasteiger partial charge in [-0.15, -0.1) is 0 Å². The minimum atomic E-state index is -3.72. The zero-order valence-corrected chi connectivity index (χ0v) is 11.5. The van der Waals surface area contributed by atoms with E-state index in [1.54, 1.807) is 12.1 Å². The van der Waals surface area contributed by atoms with Crippen LogP contribution in [-0.4, -0.2) is 13.4 Å². The van der Waals surface area contributed by atoms with E-state index in [-0.39, 0.29) is 17.3 Å². The molecule has 0 fully saturated rings. The van der Waals surface area contributed by atoms with Gasteiger partial charge in [-0.05, 0) is 34.1 Å². The second-order valence-corrected chi connectivity index (χ2v) is 6.09. The lowest BCUT2D eigenvalue weighted by atomic mass is 10.5. The number of sulfonamides is 1. The fourth-order valence-electron chi connectivity index (χ4n) is 1.30. The summed E-state index contributed by atoms with van der Waals surface area (Å²) in [4.78, 5) is 3.71. The second-order valence-electron chi connectivity index (χ2n) is 3.44. The maximum Gasteiger partial charge on any atom is 0.244 e. The monoisotopic (exact) mass is 331 g/mol. The van der Waals surface area contributed by atoms with Gasteiger partial charge >= 0.3 is 0 Å². The molecule has 18 heavy (non-hydrogen) atoms. The Kier molecular flexibility index (Phi) is 3.69. The van der Waals surface area contributed by atoms with Crippen molar-refractivity contribution in [2.75, 3.05) is 5.73 Å². The van der Waals surface area contributed by atoms with E-state index in [9.17, 15) is 8.42 Å². The first-order valence-electron chi connectivity index (χ1n) is 4.92. The highest BCUT2D eigenvalue weighted by atomic mass is 79.9. The average molecular weight is 332 g/mol. The summed E-state index contributed by atoms with van der Waals surface area (Å²) in [6.07, 6.45) is 2.90. The van der Waals surface area contributed by atoms with Crippen LogP contribution in [0.2, 0.25) is 0 Å². The Labute approximate surface area is 112 Å². The molecule has 8 heteroatoms. The van der Waals surface area contributed by atoms with Gasteiger partial charge in [0.1, 0.15) is 16.5 Å². The Morgan fingerprint density at radius 2 is 2.28 bits per heavy atom. The predicted molar refractivity (Wildman–Crippen MR) is 69.1 cm³/mol. The molecule has 96 valence electrons. The van der Waals surface area contributed by atoms with E-state index in [1.165, 1.54) is 18.5 Å². The van der Waals surface area contributed by atoms with Crippen molar-refractivity contribution < 1.29 is 12.8 Å². The fourth-order valence-corrected chi connectivity index (χ4v) is 2.88. The number of nitrogens with zero attached hydrogens (tertiary/aromatic N) is 1. The van der Waals surface area contributed by atoms with Gasteiger partial charge in [0.15, 0.2) is 0 Å². The Hall–Kier alpha value is -1.38. The number of hydrogen-bond donors (Lipinski definition) is 2. The van der Waals surface area contributed by atoms with Gasteiger partial charge in [0.2, 0.25) is 10.0 Å². The molecule has 0 saturated heterocycles. The van der Waals surface area contributed by atoms with Crippen LogP contribution in [-0.2, 0) is 16.6 Å². The molecule has 0 aliphatic carbocycles. The van der Waals surface area contributed by atoms with Gasteiger partial charge < -0.3 is 10.2 Å². The number of pyridine rings is 1. The van der Waals surface area contributed by atoms with Crippen LogP contribution in [0.4, 0.5) is 5.82 Å². The van der Waals surface area contributed by atoms with Crippen LogP contribution in [0.1, 0.15) is 5.76 Å². The predicted octanol–water partition coefficient (Wildman–Crippen LogP) is 1.50. The van der Waals surface area contributed by atoms with Crippen LogP contribution in [0.5, 0.6) is 0 Å². The van der Waals surface area contributed by atoms with E-state index in [2.05, 4.69) is 25.6 Å². The number of furan rings is 1. The molecular weight excluding hydrogens is 322 g/mol. The SMILES string of the molecule is Nc1ncc(Br)cc1S(=O)(=O)NCc1ccco1. The van der Waals surface area contributed by atoms with Gasteiger partial charge in [0.25, 0.3) is 0 Å². The number of nitrogens with two attached hydrogens (primary N) is 1. The molecule has 0 saturated carbocycles. The van der Waals surface area contributed by atoms with Gasteiger partial charge in [0, 0.05) is 10.7 Å². The van der Waals surface area contributed by atoms with Crippen LogP contribution in [0.3, 0.4) is 0 Å². The standard InChI is InChI=1S/C10H10BrN3O3S/c11-7-4-9(10(12)13-5-7)18(15,16)14-6-8-2-1-3-17-8/h1-5,14H,6H2,(H2,12,13).